The van der Waals surface area contributed by atoms with Gasteiger partial charge in [-0.15, -0.1) is 0 Å². The van der Waals surface area contributed by atoms with Gasteiger partial charge in [0.1, 0.15) is 5.78 Å². The second-order valence-electron chi connectivity index (χ2n) is 6.10. The highest BCUT2D eigenvalue weighted by Gasteiger charge is 2.20. The van der Waals surface area contributed by atoms with Gasteiger partial charge in [0, 0.05) is 33.5 Å². The Bertz CT molecular complexity index is 833. The van der Waals surface area contributed by atoms with Crippen LogP contribution in [0.25, 0.3) is 11.2 Å². The summed E-state index contributed by atoms with van der Waals surface area (Å²) in [6.45, 7) is 0.394. The smallest absolute Gasteiger partial charge is 0.328 e. The summed E-state index contributed by atoms with van der Waals surface area (Å²) in [7, 11) is 3.38. The van der Waals surface area contributed by atoms with E-state index in [0.29, 0.717) is 42.3 Å². The molecule has 1 aliphatic carbocycles. The van der Waals surface area contributed by atoms with Gasteiger partial charge in [0.25, 0.3) is 5.56 Å². The predicted octanol–water partition coefficient (Wildman–Crippen LogP) is 0.583. The number of fused-ring (bicyclic) bond motifs is 1. The van der Waals surface area contributed by atoms with Gasteiger partial charge in [-0.25, -0.2) is 9.78 Å². The van der Waals surface area contributed by atoms with E-state index >= 15 is 0 Å². The fraction of sp³-hybridized carbons (Fsp3) is 0.600. The second-order valence-corrected chi connectivity index (χ2v) is 6.10. The molecule has 1 saturated carbocycles. The van der Waals surface area contributed by atoms with Crippen LogP contribution in [0.1, 0.15) is 32.1 Å². The van der Waals surface area contributed by atoms with Crippen LogP contribution in [0.4, 0.5) is 0 Å². The number of aromatic nitrogens is 4. The van der Waals surface area contributed by atoms with Crippen LogP contribution in [-0.4, -0.2) is 24.5 Å². The van der Waals surface area contributed by atoms with Crippen molar-refractivity contribution in [2.24, 2.45) is 20.0 Å². The second kappa shape index (κ2) is 5.55. The molecule has 0 bridgehead atoms. The lowest BCUT2D eigenvalue weighted by molar-refractivity contribution is -0.121. The maximum absolute atomic E-state index is 12.5. The fourth-order valence-electron chi connectivity index (χ4n) is 3.19. The molecule has 0 aliphatic heterocycles. The number of aryl methyl sites for hydroxylation is 2. The normalized spacial score (nSPS) is 16.5. The molecule has 0 aromatic carbocycles. The van der Waals surface area contributed by atoms with Crippen LogP contribution in [0.5, 0.6) is 0 Å². The molecule has 3 rings (SSSR count). The molecule has 2 aromatic heterocycles. The number of ketones is 1. The number of carbonyl (C=O) groups is 1. The van der Waals surface area contributed by atoms with E-state index in [-0.39, 0.29) is 11.2 Å². The van der Waals surface area contributed by atoms with Crippen molar-refractivity contribution < 1.29 is 4.79 Å². The molecule has 2 heterocycles. The first-order valence-corrected chi connectivity index (χ1v) is 7.61. The van der Waals surface area contributed by atoms with Gasteiger partial charge in [0.05, 0.1) is 6.33 Å². The molecule has 1 fully saturated rings. The summed E-state index contributed by atoms with van der Waals surface area (Å²) in [6.07, 6.45) is 5.27. The van der Waals surface area contributed by atoms with Crippen LogP contribution in [0.15, 0.2) is 15.9 Å². The number of imidazole rings is 1. The molecule has 2 aromatic rings. The number of rotatable bonds is 3. The third-order valence-corrected chi connectivity index (χ3v) is 4.62. The summed E-state index contributed by atoms with van der Waals surface area (Å²) < 4.78 is 4.36. The maximum atomic E-state index is 12.5. The molecular formula is C15H20N4O3. The minimum atomic E-state index is -0.330. The van der Waals surface area contributed by atoms with E-state index in [4.69, 9.17) is 0 Å². The lowest BCUT2D eigenvalue weighted by atomic mass is 9.86. The van der Waals surface area contributed by atoms with E-state index < -0.39 is 0 Å². The Hall–Kier alpha value is -2.18. The van der Waals surface area contributed by atoms with E-state index in [2.05, 4.69) is 4.98 Å². The molecule has 0 N–H and O–H groups in total. The van der Waals surface area contributed by atoms with Gasteiger partial charge in [-0.3, -0.25) is 18.7 Å². The SMILES string of the molecule is Cn1cnc2c1c(=O)n(CCC1CCC(=O)CC1)c(=O)n2C. The third kappa shape index (κ3) is 2.40. The summed E-state index contributed by atoms with van der Waals surface area (Å²) in [5.74, 6) is 0.733. The Balaban J connectivity index is 1.91. The minimum Gasteiger partial charge on any atom is -0.328 e. The molecule has 1 aliphatic rings. The summed E-state index contributed by atoms with van der Waals surface area (Å²) in [5, 5.41) is 0. The first-order valence-electron chi connectivity index (χ1n) is 7.61. The number of hydrogen-bond donors (Lipinski definition) is 0. The molecule has 0 saturated heterocycles. The highest BCUT2D eigenvalue weighted by Crippen LogP contribution is 2.24. The largest absolute Gasteiger partial charge is 0.332 e. The molecule has 0 amide bonds. The average molecular weight is 304 g/mol. The maximum Gasteiger partial charge on any atom is 0.332 e. The van der Waals surface area contributed by atoms with Gasteiger partial charge in [0.15, 0.2) is 11.2 Å². The quantitative estimate of drug-likeness (QED) is 0.831. The lowest BCUT2D eigenvalue weighted by Gasteiger charge is -2.21. The highest BCUT2D eigenvalue weighted by molar-refractivity contribution is 5.79. The van der Waals surface area contributed by atoms with Crippen molar-refractivity contribution in [1.82, 2.24) is 18.7 Å². The van der Waals surface area contributed by atoms with Crippen molar-refractivity contribution >= 4 is 16.9 Å². The minimum absolute atomic E-state index is 0.287. The molecule has 0 spiro atoms. The van der Waals surface area contributed by atoms with E-state index in [0.717, 1.165) is 19.3 Å². The van der Waals surface area contributed by atoms with E-state index in [1.807, 2.05) is 0 Å². The van der Waals surface area contributed by atoms with Crippen LogP contribution in [0.2, 0.25) is 0 Å². The van der Waals surface area contributed by atoms with Crippen molar-refractivity contribution in [3.05, 3.63) is 27.2 Å². The van der Waals surface area contributed by atoms with Crippen LogP contribution in [0.3, 0.4) is 0 Å². The zero-order chi connectivity index (χ0) is 15.9. The van der Waals surface area contributed by atoms with Gasteiger partial charge in [0.2, 0.25) is 0 Å². The molecule has 0 atom stereocenters. The van der Waals surface area contributed by atoms with Gasteiger partial charge >= 0.3 is 5.69 Å². The van der Waals surface area contributed by atoms with Gasteiger partial charge in [-0.1, -0.05) is 0 Å². The standard InChI is InChI=1S/C15H20N4O3/c1-17-9-16-13-12(17)14(21)19(15(22)18(13)2)8-7-10-3-5-11(20)6-4-10/h9-10H,3-8H2,1-2H3. The Morgan fingerprint density at radius 3 is 2.55 bits per heavy atom. The molecule has 7 nitrogen and oxygen atoms in total. The highest BCUT2D eigenvalue weighted by atomic mass is 16.2. The van der Waals surface area contributed by atoms with Crippen LogP contribution in [-0.2, 0) is 25.4 Å². The average Bonchev–Trinajstić information content (AvgIpc) is 2.89. The van der Waals surface area contributed by atoms with Crippen molar-refractivity contribution in [2.75, 3.05) is 0 Å². The summed E-state index contributed by atoms with van der Waals surface area (Å²) in [4.78, 5) is 40.3. The fourth-order valence-corrected chi connectivity index (χ4v) is 3.19. The Labute approximate surface area is 127 Å². The number of carbonyl (C=O) groups excluding carboxylic acids is 1. The van der Waals surface area contributed by atoms with Crippen LogP contribution < -0.4 is 11.2 Å². The molecule has 22 heavy (non-hydrogen) atoms. The third-order valence-electron chi connectivity index (χ3n) is 4.62. The van der Waals surface area contributed by atoms with Gasteiger partial charge in [-0.05, 0) is 25.2 Å². The first-order chi connectivity index (χ1) is 10.5. The summed E-state index contributed by atoms with van der Waals surface area (Å²) >= 11 is 0. The Morgan fingerprint density at radius 2 is 1.86 bits per heavy atom. The van der Waals surface area contributed by atoms with Crippen molar-refractivity contribution in [2.45, 2.75) is 38.6 Å². The zero-order valence-corrected chi connectivity index (χ0v) is 12.9. The van der Waals surface area contributed by atoms with E-state index in [9.17, 15) is 14.4 Å². The number of Topliss-reactive ketones (excluding diaryl/α,β-unsaturated/α-hetero) is 1. The van der Waals surface area contributed by atoms with Crippen LogP contribution in [0, 0.1) is 5.92 Å². The monoisotopic (exact) mass is 304 g/mol. The van der Waals surface area contributed by atoms with Gasteiger partial charge in [-0.2, -0.15) is 0 Å². The lowest BCUT2D eigenvalue weighted by Crippen LogP contribution is -2.40. The first kappa shape index (κ1) is 14.7. The molecule has 118 valence electrons. The van der Waals surface area contributed by atoms with E-state index in [1.54, 1.807) is 25.0 Å². The molecule has 7 heteroatoms. The van der Waals surface area contributed by atoms with E-state index in [1.165, 1.54) is 9.13 Å². The summed E-state index contributed by atoms with van der Waals surface area (Å²) in [5.41, 5.74) is 0.242. The predicted molar refractivity (Wildman–Crippen MR) is 81.8 cm³/mol. The molecular weight excluding hydrogens is 284 g/mol. The summed E-state index contributed by atoms with van der Waals surface area (Å²) in [6, 6.07) is 0. The topological polar surface area (TPSA) is 78.9 Å². The van der Waals surface area contributed by atoms with Crippen molar-refractivity contribution in [1.29, 1.82) is 0 Å². The number of hydrogen-bond acceptors (Lipinski definition) is 4. The Kier molecular flexibility index (Phi) is 3.72. The van der Waals surface area contributed by atoms with Gasteiger partial charge < -0.3 is 4.57 Å². The van der Waals surface area contributed by atoms with Crippen LogP contribution >= 0.6 is 0 Å². The Morgan fingerprint density at radius 1 is 1.18 bits per heavy atom. The van der Waals surface area contributed by atoms with Crippen molar-refractivity contribution in [3.8, 4) is 0 Å². The molecule has 0 unspecified atom stereocenters. The molecule has 0 radical (unpaired) electrons. The van der Waals surface area contributed by atoms with Crippen molar-refractivity contribution in [3.63, 3.8) is 0 Å². The number of nitrogens with zero attached hydrogens (tertiary/aromatic N) is 4. The zero-order valence-electron chi connectivity index (χ0n) is 12.9.